The fraction of sp³-hybridized carbons (Fsp3) is 0. The fourth-order valence-corrected chi connectivity index (χ4v) is 9.15. The Bertz CT molecular complexity index is 3150. The summed E-state index contributed by atoms with van der Waals surface area (Å²) in [6, 6.07) is 62.7. The third-order valence-electron chi connectivity index (χ3n) is 10.5. The number of aromatic nitrogens is 3. The predicted octanol–water partition coefficient (Wildman–Crippen LogP) is 13.5. The Morgan fingerprint density at radius 1 is 0.283 bits per heavy atom. The third kappa shape index (κ3) is 4.91. The van der Waals surface area contributed by atoms with Crippen molar-refractivity contribution in [2.75, 3.05) is 0 Å². The molecule has 0 unspecified atom stereocenters. The van der Waals surface area contributed by atoms with E-state index in [2.05, 4.69) is 115 Å². The average Bonchev–Trinajstić information content (AvgIpc) is 3.61. The van der Waals surface area contributed by atoms with Crippen LogP contribution in [0.1, 0.15) is 0 Å². The zero-order valence-corrected chi connectivity index (χ0v) is 29.3. The first-order valence-corrected chi connectivity index (χ1v) is 18.7. The van der Waals surface area contributed by atoms with Gasteiger partial charge in [0.2, 0.25) is 0 Å². The minimum Gasteiger partial charge on any atom is -0.208 e. The van der Waals surface area contributed by atoms with Crippen molar-refractivity contribution in [3.05, 3.63) is 176 Å². The van der Waals surface area contributed by atoms with Crippen LogP contribution in [-0.2, 0) is 0 Å². The van der Waals surface area contributed by atoms with Gasteiger partial charge in [-0.05, 0) is 72.4 Å². The van der Waals surface area contributed by atoms with Crippen LogP contribution < -0.4 is 0 Å². The van der Waals surface area contributed by atoms with Crippen LogP contribution in [0.5, 0.6) is 0 Å². The molecule has 3 nitrogen and oxygen atoms in total. The van der Waals surface area contributed by atoms with Crippen LogP contribution in [0.4, 0.5) is 0 Å². The second kappa shape index (κ2) is 11.9. The molecule has 0 atom stereocenters. The SMILES string of the molecule is c1ccc(-c2nc(-c3ccccc3)nc(-c3ccc(-c4ccc5c(ccc6c7cc8c9ccccc9c9ccccc9c8cc7sc56)c4)cc3)n2)cc1. The van der Waals surface area contributed by atoms with E-state index in [1.165, 1.54) is 68.8 Å². The Morgan fingerprint density at radius 3 is 1.32 bits per heavy atom. The minimum atomic E-state index is 0.656. The van der Waals surface area contributed by atoms with Crippen molar-refractivity contribution in [1.29, 1.82) is 0 Å². The van der Waals surface area contributed by atoms with Gasteiger partial charge in [0.25, 0.3) is 0 Å². The lowest BCUT2D eigenvalue weighted by Crippen LogP contribution is -2.00. The zero-order valence-electron chi connectivity index (χ0n) is 28.5. The van der Waals surface area contributed by atoms with Crippen molar-refractivity contribution in [1.82, 2.24) is 15.0 Å². The summed E-state index contributed by atoms with van der Waals surface area (Å²) in [6.45, 7) is 0. The van der Waals surface area contributed by atoms with Crippen LogP contribution in [0, 0.1) is 0 Å². The number of nitrogens with zero attached hydrogens (tertiary/aromatic N) is 3. The van der Waals surface area contributed by atoms with Gasteiger partial charge in [0.1, 0.15) is 0 Å². The topological polar surface area (TPSA) is 38.7 Å². The molecule has 0 aliphatic rings. The number of rotatable bonds is 4. The Kier molecular flexibility index (Phi) is 6.73. The monoisotopic (exact) mass is 691 g/mol. The number of benzene rings is 9. The van der Waals surface area contributed by atoms with Crippen molar-refractivity contribution in [3.63, 3.8) is 0 Å². The standard InChI is InChI=1S/C49H29N3S/c1-3-11-31(12-4-1)47-50-48(32-13-5-2-6-14-32)52-49(51-47)33-21-19-30(20-22-33)34-23-25-36-35(27-34)24-26-41-44-28-42-39-17-9-7-15-37(39)38-16-8-10-18-40(38)43(42)29-45(44)53-46(36)41/h1-29H. The van der Waals surface area contributed by atoms with Crippen LogP contribution in [0.25, 0.3) is 109 Å². The average molecular weight is 692 g/mol. The summed E-state index contributed by atoms with van der Waals surface area (Å²) in [4.78, 5) is 14.7. The van der Waals surface area contributed by atoms with Crippen LogP contribution in [0.2, 0.25) is 0 Å². The first-order valence-electron chi connectivity index (χ1n) is 17.9. The van der Waals surface area contributed by atoms with Gasteiger partial charge in [0.15, 0.2) is 17.5 Å². The molecular weight excluding hydrogens is 663 g/mol. The van der Waals surface area contributed by atoms with Crippen LogP contribution in [-0.4, -0.2) is 15.0 Å². The maximum absolute atomic E-state index is 4.92. The summed E-state index contributed by atoms with van der Waals surface area (Å²) in [7, 11) is 0. The van der Waals surface area contributed by atoms with Gasteiger partial charge in [-0.1, -0.05) is 158 Å². The van der Waals surface area contributed by atoms with E-state index in [1.54, 1.807) is 0 Å². The highest BCUT2D eigenvalue weighted by atomic mass is 32.1. The van der Waals surface area contributed by atoms with Gasteiger partial charge in [-0.25, -0.2) is 15.0 Å². The number of thiophene rings is 1. The number of hydrogen-bond donors (Lipinski definition) is 0. The van der Waals surface area contributed by atoms with E-state index in [9.17, 15) is 0 Å². The lowest BCUT2D eigenvalue weighted by molar-refractivity contribution is 1.07. The molecule has 9 aromatic carbocycles. The van der Waals surface area contributed by atoms with Crippen molar-refractivity contribution in [2.24, 2.45) is 0 Å². The van der Waals surface area contributed by atoms with Crippen LogP contribution in [0.15, 0.2) is 176 Å². The maximum atomic E-state index is 4.92. The number of fused-ring (bicyclic) bond motifs is 11. The van der Waals surface area contributed by atoms with Crippen molar-refractivity contribution in [3.8, 4) is 45.3 Å². The second-order valence-electron chi connectivity index (χ2n) is 13.6. The van der Waals surface area contributed by atoms with E-state index in [-0.39, 0.29) is 0 Å². The van der Waals surface area contributed by atoms with E-state index in [1.807, 2.05) is 72.0 Å². The minimum absolute atomic E-state index is 0.656. The van der Waals surface area contributed by atoms with Crippen LogP contribution >= 0.6 is 11.3 Å². The first-order chi connectivity index (χ1) is 26.2. The highest BCUT2D eigenvalue weighted by Gasteiger charge is 2.15. The quantitative estimate of drug-likeness (QED) is 0.172. The largest absolute Gasteiger partial charge is 0.208 e. The van der Waals surface area contributed by atoms with E-state index in [4.69, 9.17) is 15.0 Å². The lowest BCUT2D eigenvalue weighted by atomic mass is 9.93. The summed E-state index contributed by atoms with van der Waals surface area (Å²) in [5.74, 6) is 1.98. The highest BCUT2D eigenvalue weighted by Crippen LogP contribution is 2.44. The van der Waals surface area contributed by atoms with E-state index in [0.717, 1.165) is 22.3 Å². The normalized spacial score (nSPS) is 11.8. The molecule has 0 spiro atoms. The molecule has 53 heavy (non-hydrogen) atoms. The van der Waals surface area contributed by atoms with E-state index in [0.29, 0.717) is 17.5 Å². The Labute approximate surface area is 309 Å². The molecule has 2 heterocycles. The summed E-state index contributed by atoms with van der Waals surface area (Å²) in [6.07, 6.45) is 0. The Hall–Kier alpha value is -6.75. The van der Waals surface area contributed by atoms with Gasteiger partial charge in [0.05, 0.1) is 0 Å². The van der Waals surface area contributed by atoms with Crippen molar-refractivity contribution in [2.45, 2.75) is 0 Å². The highest BCUT2D eigenvalue weighted by molar-refractivity contribution is 7.26. The summed E-state index contributed by atoms with van der Waals surface area (Å²) < 4.78 is 2.66. The number of hydrogen-bond acceptors (Lipinski definition) is 4. The molecule has 11 aromatic rings. The third-order valence-corrected chi connectivity index (χ3v) is 11.7. The fourth-order valence-electron chi connectivity index (χ4n) is 7.89. The summed E-state index contributed by atoms with van der Waals surface area (Å²) in [5.41, 5.74) is 5.20. The van der Waals surface area contributed by atoms with Gasteiger partial charge in [-0.3, -0.25) is 0 Å². The molecule has 0 aliphatic carbocycles. The predicted molar refractivity (Wildman–Crippen MR) is 224 cm³/mol. The molecule has 0 fully saturated rings. The zero-order chi connectivity index (χ0) is 34.9. The van der Waals surface area contributed by atoms with Crippen molar-refractivity contribution >= 4 is 74.6 Å². The first kappa shape index (κ1) is 29.9. The molecule has 0 saturated carbocycles. The van der Waals surface area contributed by atoms with E-state index < -0.39 is 0 Å². The Balaban J connectivity index is 0.995. The molecule has 0 aliphatic heterocycles. The van der Waals surface area contributed by atoms with Gasteiger partial charge < -0.3 is 0 Å². The van der Waals surface area contributed by atoms with Gasteiger partial charge in [-0.15, -0.1) is 11.3 Å². The van der Waals surface area contributed by atoms with Gasteiger partial charge >= 0.3 is 0 Å². The molecule has 4 heteroatoms. The molecule has 0 radical (unpaired) electrons. The summed E-state index contributed by atoms with van der Waals surface area (Å²) in [5, 5.41) is 13.0. The van der Waals surface area contributed by atoms with Gasteiger partial charge in [0, 0.05) is 36.9 Å². The maximum Gasteiger partial charge on any atom is 0.164 e. The molecule has 0 N–H and O–H groups in total. The van der Waals surface area contributed by atoms with Crippen molar-refractivity contribution < 1.29 is 0 Å². The molecule has 11 rings (SSSR count). The lowest BCUT2D eigenvalue weighted by Gasteiger charge is -2.10. The van der Waals surface area contributed by atoms with Crippen LogP contribution in [0.3, 0.4) is 0 Å². The molecular formula is C49H29N3S. The van der Waals surface area contributed by atoms with Gasteiger partial charge in [-0.2, -0.15) is 0 Å². The second-order valence-corrected chi connectivity index (χ2v) is 14.6. The molecule has 0 amide bonds. The molecule has 246 valence electrons. The smallest absolute Gasteiger partial charge is 0.164 e. The molecule has 0 bridgehead atoms. The summed E-state index contributed by atoms with van der Waals surface area (Å²) >= 11 is 1.90. The van der Waals surface area contributed by atoms with E-state index >= 15 is 0 Å². The molecule has 0 saturated heterocycles. The Morgan fingerprint density at radius 2 is 0.736 bits per heavy atom. The molecule has 2 aromatic heterocycles.